The van der Waals surface area contributed by atoms with Gasteiger partial charge in [-0.3, -0.25) is 0 Å². The number of aliphatic hydroxyl groups excluding tert-OH is 1. The first-order valence-electron chi connectivity index (χ1n) is 6.83. The van der Waals surface area contributed by atoms with Crippen molar-refractivity contribution in [2.45, 2.75) is 51.5 Å². The number of rotatable bonds is 6. The summed E-state index contributed by atoms with van der Waals surface area (Å²) in [4.78, 5) is 0. The average Bonchev–Trinajstić information content (AvgIpc) is 2.34. The fourth-order valence-corrected chi connectivity index (χ4v) is 2.19. The largest absolute Gasteiger partial charge is 0.493 e. The monoisotopic (exact) mass is 265 g/mol. The number of methoxy groups -OCH3 is 1. The summed E-state index contributed by atoms with van der Waals surface area (Å²) in [6, 6.07) is 6.43. The fourth-order valence-electron chi connectivity index (χ4n) is 2.19. The van der Waals surface area contributed by atoms with Gasteiger partial charge in [0, 0.05) is 12.6 Å². The maximum Gasteiger partial charge on any atom is 0.161 e. The molecular formula is C15H23NO3. The van der Waals surface area contributed by atoms with E-state index in [1.54, 1.807) is 7.11 Å². The van der Waals surface area contributed by atoms with Crippen molar-refractivity contribution in [1.82, 2.24) is 5.32 Å². The molecule has 0 saturated heterocycles. The van der Waals surface area contributed by atoms with Gasteiger partial charge in [-0.05, 0) is 44.4 Å². The predicted molar refractivity (Wildman–Crippen MR) is 74.6 cm³/mol. The molecule has 1 aliphatic carbocycles. The van der Waals surface area contributed by atoms with E-state index in [1.807, 2.05) is 32.0 Å². The second-order valence-electron chi connectivity index (χ2n) is 5.35. The Labute approximate surface area is 114 Å². The minimum Gasteiger partial charge on any atom is -0.493 e. The van der Waals surface area contributed by atoms with E-state index in [2.05, 4.69) is 5.32 Å². The molecule has 2 N–H and O–H groups in total. The van der Waals surface area contributed by atoms with E-state index in [4.69, 9.17) is 9.47 Å². The first-order valence-corrected chi connectivity index (χ1v) is 6.83. The van der Waals surface area contributed by atoms with Crippen LogP contribution in [-0.2, 0) is 6.54 Å². The Kier molecular flexibility index (Phi) is 4.66. The van der Waals surface area contributed by atoms with Crippen LogP contribution in [0.15, 0.2) is 18.2 Å². The molecule has 106 valence electrons. The van der Waals surface area contributed by atoms with Gasteiger partial charge in [0.1, 0.15) is 0 Å². The van der Waals surface area contributed by atoms with E-state index < -0.39 is 0 Å². The van der Waals surface area contributed by atoms with Crippen molar-refractivity contribution in [3.63, 3.8) is 0 Å². The summed E-state index contributed by atoms with van der Waals surface area (Å²) in [5.41, 5.74) is 1.16. The molecule has 0 bridgehead atoms. The highest BCUT2D eigenvalue weighted by molar-refractivity contribution is 5.43. The Morgan fingerprint density at radius 1 is 1.32 bits per heavy atom. The summed E-state index contributed by atoms with van der Waals surface area (Å²) < 4.78 is 11.0. The molecule has 1 saturated carbocycles. The first kappa shape index (κ1) is 14.2. The highest BCUT2D eigenvalue weighted by Gasteiger charge is 2.26. The summed E-state index contributed by atoms with van der Waals surface area (Å²) in [6.07, 6.45) is 1.72. The lowest BCUT2D eigenvalue weighted by atomic mass is 9.89. The Morgan fingerprint density at radius 3 is 2.63 bits per heavy atom. The second kappa shape index (κ2) is 6.26. The Bertz CT molecular complexity index is 414. The maximum atomic E-state index is 9.24. The summed E-state index contributed by atoms with van der Waals surface area (Å²) in [5.74, 6) is 1.54. The van der Waals surface area contributed by atoms with E-state index in [1.165, 1.54) is 0 Å². The van der Waals surface area contributed by atoms with Crippen molar-refractivity contribution in [2.24, 2.45) is 0 Å². The van der Waals surface area contributed by atoms with Gasteiger partial charge in [0.25, 0.3) is 0 Å². The molecule has 19 heavy (non-hydrogen) atoms. The van der Waals surface area contributed by atoms with E-state index in [0.29, 0.717) is 6.04 Å². The molecule has 4 heteroatoms. The summed E-state index contributed by atoms with van der Waals surface area (Å²) in [7, 11) is 1.65. The molecule has 0 amide bonds. The molecule has 0 atom stereocenters. The third kappa shape index (κ3) is 3.85. The molecule has 1 aromatic carbocycles. The Hall–Kier alpha value is -1.26. The van der Waals surface area contributed by atoms with Crippen LogP contribution >= 0.6 is 0 Å². The van der Waals surface area contributed by atoms with Crippen molar-refractivity contribution >= 4 is 0 Å². The highest BCUT2D eigenvalue weighted by atomic mass is 16.5. The number of aliphatic hydroxyl groups is 1. The molecule has 0 aromatic heterocycles. The lowest BCUT2D eigenvalue weighted by Gasteiger charge is -2.32. The van der Waals surface area contributed by atoms with Crippen LogP contribution in [0.4, 0.5) is 0 Å². The van der Waals surface area contributed by atoms with E-state index in [-0.39, 0.29) is 12.2 Å². The lowest BCUT2D eigenvalue weighted by Crippen LogP contribution is -2.43. The van der Waals surface area contributed by atoms with Gasteiger partial charge in [-0.2, -0.15) is 0 Å². The zero-order valence-corrected chi connectivity index (χ0v) is 11.8. The standard InChI is InChI=1S/C15H23NO3/c1-10(2)19-14-5-4-11(6-15(14)18-3)9-16-12-7-13(17)8-12/h4-6,10,12-13,16-17H,7-9H2,1-3H3. The van der Waals surface area contributed by atoms with E-state index in [0.717, 1.165) is 36.4 Å². The normalized spacial score (nSPS) is 22.2. The van der Waals surface area contributed by atoms with Crippen molar-refractivity contribution in [2.75, 3.05) is 7.11 Å². The van der Waals surface area contributed by atoms with Crippen LogP contribution < -0.4 is 14.8 Å². The number of nitrogens with one attached hydrogen (secondary N) is 1. The molecule has 1 aromatic rings. The zero-order valence-electron chi connectivity index (χ0n) is 11.8. The summed E-state index contributed by atoms with van der Waals surface area (Å²) in [6.45, 7) is 4.78. The van der Waals surface area contributed by atoms with E-state index >= 15 is 0 Å². The number of hydrogen-bond donors (Lipinski definition) is 2. The quantitative estimate of drug-likeness (QED) is 0.827. The molecule has 0 heterocycles. The third-order valence-corrected chi connectivity index (χ3v) is 3.30. The van der Waals surface area contributed by atoms with Crippen molar-refractivity contribution in [3.8, 4) is 11.5 Å². The molecule has 1 fully saturated rings. The molecule has 0 aliphatic heterocycles. The zero-order chi connectivity index (χ0) is 13.8. The SMILES string of the molecule is COc1cc(CNC2CC(O)C2)ccc1OC(C)C. The van der Waals surface area contributed by atoms with Crippen molar-refractivity contribution < 1.29 is 14.6 Å². The van der Waals surface area contributed by atoms with Crippen molar-refractivity contribution in [1.29, 1.82) is 0 Å². The van der Waals surface area contributed by atoms with Gasteiger partial charge in [0.2, 0.25) is 0 Å². The lowest BCUT2D eigenvalue weighted by molar-refractivity contribution is 0.0619. The maximum absolute atomic E-state index is 9.24. The number of benzene rings is 1. The Balaban J connectivity index is 1.94. The van der Waals surface area contributed by atoms with Crippen LogP contribution in [0.25, 0.3) is 0 Å². The molecule has 0 spiro atoms. The van der Waals surface area contributed by atoms with Gasteiger partial charge >= 0.3 is 0 Å². The van der Waals surface area contributed by atoms with Crippen LogP contribution in [0.1, 0.15) is 32.3 Å². The minimum atomic E-state index is -0.117. The summed E-state index contributed by atoms with van der Waals surface area (Å²) in [5, 5.41) is 12.7. The smallest absolute Gasteiger partial charge is 0.161 e. The third-order valence-electron chi connectivity index (χ3n) is 3.30. The molecule has 2 rings (SSSR count). The fraction of sp³-hybridized carbons (Fsp3) is 0.600. The van der Waals surface area contributed by atoms with Crippen LogP contribution in [0.3, 0.4) is 0 Å². The van der Waals surface area contributed by atoms with Crippen molar-refractivity contribution in [3.05, 3.63) is 23.8 Å². The van der Waals surface area contributed by atoms with Crippen LogP contribution in [-0.4, -0.2) is 30.5 Å². The molecular weight excluding hydrogens is 242 g/mol. The second-order valence-corrected chi connectivity index (χ2v) is 5.35. The number of hydrogen-bond acceptors (Lipinski definition) is 4. The summed E-state index contributed by atoms with van der Waals surface area (Å²) >= 11 is 0. The van der Waals surface area contributed by atoms with Gasteiger partial charge in [0.05, 0.1) is 19.3 Å². The Morgan fingerprint density at radius 2 is 2.05 bits per heavy atom. The predicted octanol–water partition coefficient (Wildman–Crippen LogP) is 2.10. The van der Waals surface area contributed by atoms with Gasteiger partial charge in [0.15, 0.2) is 11.5 Å². The molecule has 1 aliphatic rings. The van der Waals surface area contributed by atoms with Crippen LogP contribution in [0.5, 0.6) is 11.5 Å². The first-order chi connectivity index (χ1) is 9.08. The minimum absolute atomic E-state index is 0.117. The van der Waals surface area contributed by atoms with Gasteiger partial charge in [-0.1, -0.05) is 6.07 Å². The number of ether oxygens (including phenoxy) is 2. The van der Waals surface area contributed by atoms with Crippen LogP contribution in [0.2, 0.25) is 0 Å². The molecule has 4 nitrogen and oxygen atoms in total. The topological polar surface area (TPSA) is 50.7 Å². The van der Waals surface area contributed by atoms with E-state index in [9.17, 15) is 5.11 Å². The van der Waals surface area contributed by atoms with Gasteiger partial charge in [-0.15, -0.1) is 0 Å². The van der Waals surface area contributed by atoms with Crippen LogP contribution in [0, 0.1) is 0 Å². The molecule has 0 radical (unpaired) electrons. The highest BCUT2D eigenvalue weighted by Crippen LogP contribution is 2.29. The molecule has 0 unspecified atom stereocenters. The van der Waals surface area contributed by atoms with Gasteiger partial charge < -0.3 is 19.9 Å². The average molecular weight is 265 g/mol. The van der Waals surface area contributed by atoms with Gasteiger partial charge in [-0.25, -0.2) is 0 Å².